The Hall–Kier alpha value is -1.68. The van der Waals surface area contributed by atoms with Gasteiger partial charge in [-0.25, -0.2) is 4.39 Å². The Kier molecular flexibility index (Phi) is 8.31. The van der Waals surface area contributed by atoms with Crippen LogP contribution < -0.4 is 5.32 Å². The molecule has 110 valence electrons. The van der Waals surface area contributed by atoms with Crippen LogP contribution in [0.2, 0.25) is 0 Å². The molecule has 1 aromatic rings. The van der Waals surface area contributed by atoms with E-state index in [1.54, 1.807) is 18.2 Å². The van der Waals surface area contributed by atoms with Crippen molar-refractivity contribution in [1.29, 1.82) is 0 Å². The van der Waals surface area contributed by atoms with Gasteiger partial charge in [0.05, 0.1) is 0 Å². The Bertz CT molecular complexity index is 415. The van der Waals surface area contributed by atoms with Gasteiger partial charge < -0.3 is 10.1 Å². The molecule has 0 unspecified atom stereocenters. The number of hydrogen-bond acceptors (Lipinski definition) is 2. The summed E-state index contributed by atoms with van der Waals surface area (Å²) in [4.78, 5) is 11.5. The number of halogens is 1. The number of carbonyl (C=O) groups excluding carboxylic acids is 1. The maximum Gasteiger partial charge on any atom is 0.244 e. The minimum Gasteiger partial charge on any atom is -0.381 e. The summed E-state index contributed by atoms with van der Waals surface area (Å²) in [6.07, 6.45) is 6.12. The summed E-state index contributed by atoms with van der Waals surface area (Å²) < 4.78 is 18.1. The quantitative estimate of drug-likeness (QED) is 0.557. The van der Waals surface area contributed by atoms with Crippen molar-refractivity contribution in [2.45, 2.75) is 26.2 Å². The van der Waals surface area contributed by atoms with Gasteiger partial charge in [0.15, 0.2) is 0 Å². The van der Waals surface area contributed by atoms with E-state index < -0.39 is 0 Å². The lowest BCUT2D eigenvalue weighted by Gasteiger charge is -2.04. The Balaban J connectivity index is 2.12. The standard InChI is InChI=1S/C16H22FNO2/c1-2-3-12-20-13-4-11-18-16(19)10-7-14-5-8-15(17)9-6-14/h5-10H,2-4,11-13H2,1H3,(H,18,19)/b10-7+. The molecule has 0 heterocycles. The second-order valence-electron chi connectivity index (χ2n) is 4.50. The molecule has 1 N–H and O–H groups in total. The zero-order valence-corrected chi connectivity index (χ0v) is 11.9. The van der Waals surface area contributed by atoms with Gasteiger partial charge in [-0.1, -0.05) is 25.5 Å². The Morgan fingerprint density at radius 3 is 2.65 bits per heavy atom. The molecule has 0 saturated heterocycles. The monoisotopic (exact) mass is 279 g/mol. The van der Waals surface area contributed by atoms with E-state index in [-0.39, 0.29) is 11.7 Å². The van der Waals surface area contributed by atoms with Crippen LogP contribution in [0.25, 0.3) is 6.08 Å². The molecule has 4 heteroatoms. The lowest BCUT2D eigenvalue weighted by molar-refractivity contribution is -0.116. The highest BCUT2D eigenvalue weighted by molar-refractivity contribution is 5.91. The molecule has 0 bridgehead atoms. The molecule has 0 radical (unpaired) electrons. The molecule has 0 spiro atoms. The first-order valence-electron chi connectivity index (χ1n) is 7.01. The topological polar surface area (TPSA) is 38.3 Å². The number of unbranched alkanes of at least 4 members (excludes halogenated alkanes) is 1. The highest BCUT2D eigenvalue weighted by Crippen LogP contribution is 2.04. The van der Waals surface area contributed by atoms with E-state index in [0.717, 1.165) is 31.4 Å². The summed E-state index contributed by atoms with van der Waals surface area (Å²) in [5.74, 6) is -0.433. The largest absolute Gasteiger partial charge is 0.381 e. The van der Waals surface area contributed by atoms with Crippen LogP contribution >= 0.6 is 0 Å². The summed E-state index contributed by atoms with van der Waals surface area (Å²) in [6.45, 7) is 4.17. The van der Waals surface area contributed by atoms with E-state index in [9.17, 15) is 9.18 Å². The number of benzene rings is 1. The normalized spacial score (nSPS) is 10.9. The van der Waals surface area contributed by atoms with Gasteiger partial charge in [0.2, 0.25) is 5.91 Å². The minimum atomic E-state index is -0.283. The lowest BCUT2D eigenvalue weighted by Crippen LogP contribution is -2.23. The Morgan fingerprint density at radius 1 is 1.25 bits per heavy atom. The third kappa shape index (κ3) is 7.69. The van der Waals surface area contributed by atoms with Crippen molar-refractivity contribution in [2.75, 3.05) is 19.8 Å². The van der Waals surface area contributed by atoms with Gasteiger partial charge in [-0.15, -0.1) is 0 Å². The van der Waals surface area contributed by atoms with Gasteiger partial charge in [0.25, 0.3) is 0 Å². The summed E-state index contributed by atoms with van der Waals surface area (Å²) >= 11 is 0. The first-order valence-corrected chi connectivity index (χ1v) is 7.01. The molecule has 0 aliphatic carbocycles. The van der Waals surface area contributed by atoms with E-state index in [0.29, 0.717) is 13.2 Å². The van der Waals surface area contributed by atoms with Crippen LogP contribution in [-0.2, 0) is 9.53 Å². The second-order valence-corrected chi connectivity index (χ2v) is 4.50. The molecule has 1 rings (SSSR count). The van der Waals surface area contributed by atoms with Gasteiger partial charge in [0.1, 0.15) is 5.82 Å². The molecule has 20 heavy (non-hydrogen) atoms. The summed E-state index contributed by atoms with van der Waals surface area (Å²) in [6, 6.07) is 5.98. The Morgan fingerprint density at radius 2 is 1.95 bits per heavy atom. The number of carbonyl (C=O) groups is 1. The number of amides is 1. The number of hydrogen-bond donors (Lipinski definition) is 1. The average Bonchev–Trinajstić information content (AvgIpc) is 2.46. The van der Waals surface area contributed by atoms with Crippen molar-refractivity contribution in [3.63, 3.8) is 0 Å². The van der Waals surface area contributed by atoms with Crippen molar-refractivity contribution < 1.29 is 13.9 Å². The summed E-state index contributed by atoms with van der Waals surface area (Å²) in [5.41, 5.74) is 0.796. The highest BCUT2D eigenvalue weighted by Gasteiger charge is 1.95. The fourth-order valence-electron chi connectivity index (χ4n) is 1.54. The third-order valence-corrected chi connectivity index (χ3v) is 2.70. The van der Waals surface area contributed by atoms with Crippen LogP contribution in [0, 0.1) is 5.82 Å². The van der Waals surface area contributed by atoms with Crippen LogP contribution in [0.1, 0.15) is 31.7 Å². The average molecular weight is 279 g/mol. The van der Waals surface area contributed by atoms with Crippen LogP contribution in [0.15, 0.2) is 30.3 Å². The van der Waals surface area contributed by atoms with Crippen molar-refractivity contribution in [3.8, 4) is 0 Å². The molecule has 0 aliphatic heterocycles. The molecule has 1 aromatic carbocycles. The maximum absolute atomic E-state index is 12.7. The van der Waals surface area contributed by atoms with Gasteiger partial charge in [0, 0.05) is 25.8 Å². The molecule has 0 atom stereocenters. The highest BCUT2D eigenvalue weighted by atomic mass is 19.1. The van der Waals surface area contributed by atoms with Crippen LogP contribution in [0.3, 0.4) is 0 Å². The Labute approximate surface area is 119 Å². The minimum absolute atomic E-state index is 0.150. The molecule has 1 amide bonds. The van der Waals surface area contributed by atoms with Crippen molar-refractivity contribution in [3.05, 3.63) is 41.7 Å². The van der Waals surface area contributed by atoms with Gasteiger partial charge in [-0.05, 0) is 36.6 Å². The van der Waals surface area contributed by atoms with Crippen LogP contribution in [-0.4, -0.2) is 25.7 Å². The SMILES string of the molecule is CCCCOCCCNC(=O)/C=C/c1ccc(F)cc1. The summed E-state index contributed by atoms with van der Waals surface area (Å²) in [7, 11) is 0. The number of rotatable bonds is 9. The molecular weight excluding hydrogens is 257 g/mol. The van der Waals surface area contributed by atoms with Gasteiger partial charge >= 0.3 is 0 Å². The second kappa shape index (κ2) is 10.1. The molecule has 0 fully saturated rings. The van der Waals surface area contributed by atoms with Crippen molar-refractivity contribution in [1.82, 2.24) is 5.32 Å². The third-order valence-electron chi connectivity index (χ3n) is 2.70. The first-order chi connectivity index (χ1) is 9.72. The zero-order valence-electron chi connectivity index (χ0n) is 11.9. The maximum atomic E-state index is 12.7. The van der Waals surface area contributed by atoms with Crippen molar-refractivity contribution >= 4 is 12.0 Å². The molecule has 0 aromatic heterocycles. The predicted molar refractivity (Wildman–Crippen MR) is 78.8 cm³/mol. The van der Waals surface area contributed by atoms with E-state index in [4.69, 9.17) is 4.74 Å². The van der Waals surface area contributed by atoms with E-state index in [1.165, 1.54) is 18.2 Å². The smallest absolute Gasteiger partial charge is 0.244 e. The summed E-state index contributed by atoms with van der Waals surface area (Å²) in [5, 5.41) is 2.78. The lowest BCUT2D eigenvalue weighted by atomic mass is 10.2. The molecular formula is C16H22FNO2. The van der Waals surface area contributed by atoms with Crippen LogP contribution in [0.4, 0.5) is 4.39 Å². The van der Waals surface area contributed by atoms with E-state index >= 15 is 0 Å². The molecule has 0 aliphatic rings. The van der Waals surface area contributed by atoms with E-state index in [1.807, 2.05) is 0 Å². The van der Waals surface area contributed by atoms with Crippen LogP contribution in [0.5, 0.6) is 0 Å². The van der Waals surface area contributed by atoms with Gasteiger partial charge in [-0.2, -0.15) is 0 Å². The molecule has 3 nitrogen and oxygen atoms in total. The predicted octanol–water partition coefficient (Wildman–Crippen LogP) is 3.16. The fraction of sp³-hybridized carbons (Fsp3) is 0.438. The zero-order chi connectivity index (χ0) is 14.6. The van der Waals surface area contributed by atoms with Crippen molar-refractivity contribution in [2.24, 2.45) is 0 Å². The fourth-order valence-corrected chi connectivity index (χ4v) is 1.54. The first kappa shape index (κ1) is 16.4. The number of nitrogens with one attached hydrogen (secondary N) is 1. The number of ether oxygens (including phenoxy) is 1. The van der Waals surface area contributed by atoms with Gasteiger partial charge in [-0.3, -0.25) is 4.79 Å². The van der Waals surface area contributed by atoms with E-state index in [2.05, 4.69) is 12.2 Å². The molecule has 0 saturated carbocycles.